The van der Waals surface area contributed by atoms with Crippen LogP contribution in [0.2, 0.25) is 0 Å². The van der Waals surface area contributed by atoms with E-state index in [0.717, 1.165) is 5.13 Å². The number of anilines is 1. The Labute approximate surface area is 131 Å². The van der Waals surface area contributed by atoms with Crippen molar-refractivity contribution in [1.29, 1.82) is 0 Å². The summed E-state index contributed by atoms with van der Waals surface area (Å²) in [4.78, 5) is 23.3. The van der Waals surface area contributed by atoms with Crippen molar-refractivity contribution in [1.82, 2.24) is 20.8 Å². The van der Waals surface area contributed by atoms with Gasteiger partial charge in [-0.05, 0) is 33.6 Å². The van der Waals surface area contributed by atoms with E-state index in [-0.39, 0.29) is 11.9 Å². The van der Waals surface area contributed by atoms with E-state index in [1.807, 2.05) is 13.8 Å². The maximum atomic E-state index is 11.9. The van der Waals surface area contributed by atoms with Crippen molar-refractivity contribution in [3.8, 4) is 0 Å². The minimum absolute atomic E-state index is 0.0139. The molecular weight excluding hydrogens is 310 g/mol. The molecule has 1 aliphatic rings. The second-order valence-electron chi connectivity index (χ2n) is 5.17. The zero-order chi connectivity index (χ0) is 15.4. The van der Waals surface area contributed by atoms with Gasteiger partial charge >= 0.3 is 6.03 Å². The number of imide groups is 1. The summed E-state index contributed by atoms with van der Waals surface area (Å²) in [5, 5.41) is 16.6. The van der Waals surface area contributed by atoms with E-state index in [1.54, 1.807) is 6.92 Å². The summed E-state index contributed by atoms with van der Waals surface area (Å²) in [7, 11) is 0. The number of thioether (sulfide) groups is 1. The fraction of sp³-hybridized carbons (Fsp3) is 0.667. The first-order chi connectivity index (χ1) is 9.94. The van der Waals surface area contributed by atoms with Crippen molar-refractivity contribution >= 4 is 40.2 Å². The smallest absolute Gasteiger partial charge is 0.321 e. The van der Waals surface area contributed by atoms with Gasteiger partial charge in [-0.3, -0.25) is 10.1 Å². The van der Waals surface area contributed by atoms with Gasteiger partial charge < -0.3 is 10.6 Å². The maximum Gasteiger partial charge on any atom is 0.321 e. The van der Waals surface area contributed by atoms with Crippen molar-refractivity contribution in [2.45, 2.75) is 55.3 Å². The summed E-state index contributed by atoms with van der Waals surface area (Å²) < 4.78 is 0.713. The molecule has 7 nitrogen and oxygen atoms in total. The van der Waals surface area contributed by atoms with Crippen LogP contribution in [0.5, 0.6) is 0 Å². The van der Waals surface area contributed by atoms with E-state index in [2.05, 4.69) is 26.1 Å². The number of hydrogen-bond donors (Lipinski definition) is 3. The van der Waals surface area contributed by atoms with E-state index < -0.39 is 11.3 Å². The van der Waals surface area contributed by atoms with Crippen molar-refractivity contribution in [2.24, 2.45) is 0 Å². The second-order valence-corrected chi connectivity index (χ2v) is 7.73. The summed E-state index contributed by atoms with van der Waals surface area (Å²) in [6.07, 6.45) is 2.34. The number of hydrogen-bond acceptors (Lipinski definition) is 7. The third kappa shape index (κ3) is 5.50. The van der Waals surface area contributed by atoms with Crippen LogP contribution in [0.15, 0.2) is 4.34 Å². The van der Waals surface area contributed by atoms with Crippen LogP contribution in [0.1, 0.15) is 33.6 Å². The van der Waals surface area contributed by atoms with E-state index in [0.29, 0.717) is 10.4 Å². The lowest BCUT2D eigenvalue weighted by Gasteiger charge is -2.11. The van der Waals surface area contributed by atoms with Gasteiger partial charge in [0.1, 0.15) is 0 Å². The lowest BCUT2D eigenvalue weighted by atomic mass is 10.4. The molecule has 0 aliphatic heterocycles. The number of urea groups is 1. The van der Waals surface area contributed by atoms with Gasteiger partial charge in [-0.25, -0.2) is 4.79 Å². The van der Waals surface area contributed by atoms with E-state index in [9.17, 15) is 9.59 Å². The first-order valence-corrected chi connectivity index (χ1v) is 8.51. The number of rotatable bonds is 6. The Morgan fingerprint density at radius 1 is 1.29 bits per heavy atom. The maximum absolute atomic E-state index is 11.9. The third-order valence-corrected chi connectivity index (χ3v) is 4.65. The van der Waals surface area contributed by atoms with Gasteiger partial charge in [-0.2, -0.15) is 0 Å². The minimum atomic E-state index is -0.476. The third-order valence-electron chi connectivity index (χ3n) is 2.61. The number of nitrogens with zero attached hydrogens (tertiary/aromatic N) is 2. The molecule has 2 rings (SSSR count). The molecule has 1 aliphatic carbocycles. The molecule has 1 aromatic heterocycles. The molecule has 1 heterocycles. The molecule has 116 valence electrons. The minimum Gasteiger partial charge on any atom is -0.357 e. The molecule has 0 spiro atoms. The highest BCUT2D eigenvalue weighted by Gasteiger charge is 2.23. The van der Waals surface area contributed by atoms with Gasteiger partial charge in [-0.15, -0.1) is 10.2 Å². The molecule has 3 N–H and O–H groups in total. The van der Waals surface area contributed by atoms with Crippen LogP contribution in [0.25, 0.3) is 0 Å². The molecule has 21 heavy (non-hydrogen) atoms. The molecule has 0 bridgehead atoms. The van der Waals surface area contributed by atoms with Crippen LogP contribution in [-0.2, 0) is 4.79 Å². The summed E-state index contributed by atoms with van der Waals surface area (Å²) in [5.41, 5.74) is 0. The van der Waals surface area contributed by atoms with Gasteiger partial charge in [0.15, 0.2) is 4.34 Å². The Morgan fingerprint density at radius 3 is 2.62 bits per heavy atom. The predicted octanol–water partition coefficient (Wildman–Crippen LogP) is 1.83. The van der Waals surface area contributed by atoms with Crippen molar-refractivity contribution < 1.29 is 9.59 Å². The molecule has 1 atom stereocenters. The molecular formula is C12H19N5O2S2. The van der Waals surface area contributed by atoms with Crippen LogP contribution < -0.4 is 16.0 Å². The number of carbonyl (C=O) groups is 2. The summed E-state index contributed by atoms with van der Waals surface area (Å²) in [6.45, 7) is 5.40. The molecule has 1 fully saturated rings. The molecule has 0 unspecified atom stereocenters. The van der Waals surface area contributed by atoms with E-state index >= 15 is 0 Å². The quantitative estimate of drug-likeness (QED) is 0.689. The standard InChI is InChI=1S/C12H19N5O2S2/c1-6(2)13-10(19)15-9(18)7(3)20-12-17-16-11(21-12)14-8-4-5-8/h6-8H,4-5H2,1-3H3,(H,14,16)(H2,13,15,18,19)/t7-/m0/s1. The Hall–Kier alpha value is -1.35. The highest BCUT2D eigenvalue weighted by atomic mass is 32.2. The zero-order valence-corrected chi connectivity index (χ0v) is 13.8. The normalized spacial score (nSPS) is 15.6. The first-order valence-electron chi connectivity index (χ1n) is 6.82. The number of aromatic nitrogens is 2. The summed E-state index contributed by atoms with van der Waals surface area (Å²) in [6, 6.07) is 0.0343. The lowest BCUT2D eigenvalue weighted by molar-refractivity contribution is -0.119. The molecule has 1 saturated carbocycles. The Morgan fingerprint density at radius 2 is 2.00 bits per heavy atom. The van der Waals surface area contributed by atoms with Crippen LogP contribution in [0.3, 0.4) is 0 Å². The average molecular weight is 329 g/mol. The topological polar surface area (TPSA) is 96.0 Å². The summed E-state index contributed by atoms with van der Waals surface area (Å²) in [5.74, 6) is -0.343. The van der Waals surface area contributed by atoms with Crippen LogP contribution >= 0.6 is 23.1 Å². The van der Waals surface area contributed by atoms with Gasteiger partial charge in [0, 0.05) is 12.1 Å². The SMILES string of the molecule is CC(C)NC(=O)NC(=O)[C@H](C)Sc1nnc(NC2CC2)s1. The first kappa shape index (κ1) is 16.0. The lowest BCUT2D eigenvalue weighted by Crippen LogP contribution is -2.45. The van der Waals surface area contributed by atoms with E-state index in [1.165, 1.54) is 35.9 Å². The van der Waals surface area contributed by atoms with Gasteiger partial charge in [0.2, 0.25) is 11.0 Å². The highest BCUT2D eigenvalue weighted by Crippen LogP contribution is 2.31. The average Bonchev–Trinajstić information content (AvgIpc) is 3.07. The molecule has 9 heteroatoms. The molecule has 0 saturated heterocycles. The van der Waals surface area contributed by atoms with Crippen LogP contribution in [0, 0.1) is 0 Å². The monoisotopic (exact) mass is 329 g/mol. The van der Waals surface area contributed by atoms with Crippen molar-refractivity contribution in [2.75, 3.05) is 5.32 Å². The zero-order valence-electron chi connectivity index (χ0n) is 12.2. The molecule has 0 radical (unpaired) electrons. The van der Waals surface area contributed by atoms with Gasteiger partial charge in [0.25, 0.3) is 0 Å². The van der Waals surface area contributed by atoms with Crippen molar-refractivity contribution in [3.63, 3.8) is 0 Å². The Bertz CT molecular complexity index is 516. The highest BCUT2D eigenvalue weighted by molar-refractivity contribution is 8.02. The van der Waals surface area contributed by atoms with Gasteiger partial charge in [0.05, 0.1) is 5.25 Å². The molecule has 3 amide bonds. The van der Waals surface area contributed by atoms with Crippen LogP contribution in [-0.4, -0.2) is 39.5 Å². The Kier molecular flexibility index (Phi) is 5.40. The van der Waals surface area contributed by atoms with Gasteiger partial charge in [-0.1, -0.05) is 23.1 Å². The summed E-state index contributed by atoms with van der Waals surface area (Å²) >= 11 is 2.72. The fourth-order valence-electron chi connectivity index (χ4n) is 1.43. The number of nitrogens with one attached hydrogen (secondary N) is 3. The molecule has 1 aromatic rings. The largest absolute Gasteiger partial charge is 0.357 e. The van der Waals surface area contributed by atoms with E-state index in [4.69, 9.17) is 0 Å². The molecule has 0 aromatic carbocycles. The Balaban J connectivity index is 1.79. The fourth-order valence-corrected chi connectivity index (χ4v) is 3.41. The van der Waals surface area contributed by atoms with Crippen molar-refractivity contribution in [3.05, 3.63) is 0 Å². The van der Waals surface area contributed by atoms with Crippen LogP contribution in [0.4, 0.5) is 9.93 Å². The number of carbonyl (C=O) groups excluding carboxylic acids is 2. The number of amides is 3. The second kappa shape index (κ2) is 7.08. The predicted molar refractivity (Wildman–Crippen MR) is 83.7 cm³/mol.